The quantitative estimate of drug-likeness (QED) is 0.826. The maximum atomic E-state index is 14.3. The summed E-state index contributed by atoms with van der Waals surface area (Å²) in [6, 6.07) is 5.79. The number of carbonyl (C=O) groups excluding carboxylic acids is 1. The minimum absolute atomic E-state index is 0.0169. The van der Waals surface area contributed by atoms with Crippen molar-refractivity contribution >= 4 is 27.4 Å². The number of aromatic nitrogens is 1. The molecule has 3 rings (SSSR count). The maximum Gasteiger partial charge on any atom is 0.243 e. The Morgan fingerprint density at radius 2 is 2.08 bits per heavy atom. The first-order valence-corrected chi connectivity index (χ1v) is 9.49. The van der Waals surface area contributed by atoms with E-state index in [0.29, 0.717) is 29.1 Å². The van der Waals surface area contributed by atoms with Crippen molar-refractivity contribution in [1.82, 2.24) is 9.71 Å². The highest BCUT2D eigenvalue weighted by atomic mass is 32.2. The van der Waals surface area contributed by atoms with E-state index in [0.717, 1.165) is 6.07 Å². The Labute approximate surface area is 151 Å². The van der Waals surface area contributed by atoms with Gasteiger partial charge in [0.25, 0.3) is 0 Å². The van der Waals surface area contributed by atoms with Crippen LogP contribution in [0.3, 0.4) is 0 Å². The molecule has 2 N–H and O–H groups in total. The molecule has 1 amide bonds. The van der Waals surface area contributed by atoms with Gasteiger partial charge in [-0.3, -0.25) is 4.79 Å². The number of nitrogens with one attached hydrogen (secondary N) is 2. The van der Waals surface area contributed by atoms with Crippen molar-refractivity contribution in [3.63, 3.8) is 0 Å². The summed E-state index contributed by atoms with van der Waals surface area (Å²) >= 11 is 0. The molecular weight excluding hydrogens is 359 g/mol. The van der Waals surface area contributed by atoms with E-state index in [9.17, 15) is 17.6 Å². The number of fused-ring (bicyclic) bond motifs is 1. The van der Waals surface area contributed by atoms with E-state index >= 15 is 0 Å². The highest BCUT2D eigenvalue weighted by Gasteiger charge is 2.24. The molecule has 0 saturated heterocycles. The van der Waals surface area contributed by atoms with Gasteiger partial charge in [-0.15, -0.1) is 0 Å². The average molecular weight is 378 g/mol. The summed E-state index contributed by atoms with van der Waals surface area (Å²) in [6.45, 7) is -0.0169. The molecule has 1 aliphatic rings. The zero-order chi connectivity index (χ0) is 18.9. The predicted molar refractivity (Wildman–Crippen MR) is 95.9 cm³/mol. The van der Waals surface area contributed by atoms with Gasteiger partial charge in [-0.2, -0.15) is 0 Å². The zero-order valence-corrected chi connectivity index (χ0v) is 15.2. The van der Waals surface area contributed by atoms with E-state index in [2.05, 4.69) is 15.0 Å². The summed E-state index contributed by atoms with van der Waals surface area (Å²) < 4.78 is 41.9. The number of anilines is 2. The summed E-state index contributed by atoms with van der Waals surface area (Å²) in [5.74, 6) is -0.486. The molecule has 9 heteroatoms. The van der Waals surface area contributed by atoms with Gasteiger partial charge in [-0.25, -0.2) is 22.5 Å². The van der Waals surface area contributed by atoms with Crippen molar-refractivity contribution < 1.29 is 17.6 Å². The van der Waals surface area contributed by atoms with Crippen LogP contribution in [-0.4, -0.2) is 33.4 Å². The summed E-state index contributed by atoms with van der Waals surface area (Å²) in [7, 11) is -0.456. The second kappa shape index (κ2) is 7.00. The third-order valence-corrected chi connectivity index (χ3v) is 5.50. The third kappa shape index (κ3) is 3.68. The smallest absolute Gasteiger partial charge is 0.243 e. The van der Waals surface area contributed by atoms with Crippen LogP contribution < -0.4 is 14.9 Å². The van der Waals surface area contributed by atoms with E-state index in [1.165, 1.54) is 6.07 Å². The number of halogens is 1. The molecule has 2 aromatic rings. The van der Waals surface area contributed by atoms with Crippen molar-refractivity contribution in [1.29, 1.82) is 0 Å². The van der Waals surface area contributed by atoms with Crippen LogP contribution in [-0.2, 0) is 27.8 Å². The maximum absolute atomic E-state index is 14.3. The topological polar surface area (TPSA) is 91.4 Å². The molecular formula is C17H19FN4O3S. The molecule has 1 aliphatic heterocycles. The Kier molecular flexibility index (Phi) is 4.92. The average Bonchev–Trinajstić information content (AvgIpc) is 2.59. The van der Waals surface area contributed by atoms with Crippen molar-refractivity contribution in [2.24, 2.45) is 0 Å². The Balaban J connectivity index is 1.86. The molecule has 1 aromatic carbocycles. The molecule has 138 valence electrons. The number of rotatable bonds is 5. The first-order valence-electron chi connectivity index (χ1n) is 8.01. The number of sulfonamides is 1. The number of amides is 1. The second-order valence-corrected chi connectivity index (χ2v) is 7.93. The van der Waals surface area contributed by atoms with E-state index in [1.807, 2.05) is 0 Å². The summed E-state index contributed by atoms with van der Waals surface area (Å²) in [4.78, 5) is 16.9. The van der Waals surface area contributed by atoms with E-state index in [4.69, 9.17) is 0 Å². The Morgan fingerprint density at radius 3 is 2.81 bits per heavy atom. The van der Waals surface area contributed by atoms with Crippen LogP contribution in [0.15, 0.2) is 35.4 Å². The van der Waals surface area contributed by atoms with Gasteiger partial charge in [-0.05, 0) is 30.2 Å². The largest absolute Gasteiger partial charge is 0.362 e. The molecule has 0 aliphatic carbocycles. The molecule has 0 unspecified atom stereocenters. The number of pyridine rings is 1. The standard InChI is InChI=1S/C17H19FN4O3S/c1-22(2)17-12(4-3-7-19-17)10-20-26(24,25)15-8-11-5-6-16(23)21-14(11)9-13(15)18/h3-4,7-9,20H,5-6,10H2,1-2H3,(H,21,23). The van der Waals surface area contributed by atoms with Gasteiger partial charge in [0, 0.05) is 44.5 Å². The number of aryl methyl sites for hydroxylation is 1. The fraction of sp³-hybridized carbons (Fsp3) is 0.294. The molecule has 0 atom stereocenters. The fourth-order valence-electron chi connectivity index (χ4n) is 2.81. The van der Waals surface area contributed by atoms with Crippen molar-refractivity contribution in [2.75, 3.05) is 24.3 Å². The lowest BCUT2D eigenvalue weighted by atomic mass is 10.0. The first-order chi connectivity index (χ1) is 12.3. The van der Waals surface area contributed by atoms with Gasteiger partial charge in [0.05, 0.1) is 0 Å². The predicted octanol–water partition coefficient (Wildman–Crippen LogP) is 1.65. The number of benzene rings is 1. The van der Waals surface area contributed by atoms with E-state index in [1.54, 1.807) is 37.3 Å². The molecule has 0 radical (unpaired) electrons. The van der Waals surface area contributed by atoms with Gasteiger partial charge in [-0.1, -0.05) is 6.07 Å². The summed E-state index contributed by atoms with van der Waals surface area (Å²) in [6.07, 6.45) is 2.23. The Hall–Kier alpha value is -2.52. The zero-order valence-electron chi connectivity index (χ0n) is 14.4. The van der Waals surface area contributed by atoms with Crippen LogP contribution in [0.5, 0.6) is 0 Å². The summed E-state index contributed by atoms with van der Waals surface area (Å²) in [5.41, 5.74) is 1.59. The molecule has 7 nitrogen and oxygen atoms in total. The van der Waals surface area contributed by atoms with Gasteiger partial charge < -0.3 is 10.2 Å². The van der Waals surface area contributed by atoms with E-state index < -0.39 is 20.7 Å². The molecule has 0 fully saturated rings. The lowest BCUT2D eigenvalue weighted by Crippen LogP contribution is -2.26. The molecule has 0 spiro atoms. The van der Waals surface area contributed by atoms with Crippen molar-refractivity contribution in [3.05, 3.63) is 47.4 Å². The number of hydrogen-bond donors (Lipinski definition) is 2. The lowest BCUT2D eigenvalue weighted by molar-refractivity contribution is -0.116. The molecule has 0 saturated carbocycles. The Morgan fingerprint density at radius 1 is 1.31 bits per heavy atom. The first kappa shape index (κ1) is 18.3. The highest BCUT2D eigenvalue weighted by Crippen LogP contribution is 2.28. The Bertz CT molecular complexity index is 960. The van der Waals surface area contributed by atoms with Crippen molar-refractivity contribution in [2.45, 2.75) is 24.3 Å². The van der Waals surface area contributed by atoms with Crippen LogP contribution in [0.1, 0.15) is 17.5 Å². The van der Waals surface area contributed by atoms with E-state index in [-0.39, 0.29) is 18.9 Å². The molecule has 26 heavy (non-hydrogen) atoms. The third-order valence-electron chi connectivity index (χ3n) is 4.09. The van der Waals surface area contributed by atoms with Crippen LogP contribution in [0.25, 0.3) is 0 Å². The number of hydrogen-bond acceptors (Lipinski definition) is 5. The fourth-order valence-corrected chi connectivity index (χ4v) is 3.92. The van der Waals surface area contributed by atoms with Crippen LogP contribution in [0, 0.1) is 5.82 Å². The number of carbonyl (C=O) groups is 1. The van der Waals surface area contributed by atoms with Crippen molar-refractivity contribution in [3.8, 4) is 0 Å². The molecule has 1 aromatic heterocycles. The van der Waals surface area contributed by atoms with Gasteiger partial charge in [0.2, 0.25) is 15.9 Å². The normalized spacial score (nSPS) is 13.9. The molecule has 2 heterocycles. The number of nitrogens with zero attached hydrogens (tertiary/aromatic N) is 2. The SMILES string of the molecule is CN(C)c1ncccc1CNS(=O)(=O)c1cc2c(cc1F)NC(=O)CC2. The van der Waals surface area contributed by atoms with Gasteiger partial charge in [0.1, 0.15) is 16.5 Å². The monoisotopic (exact) mass is 378 g/mol. The van der Waals surface area contributed by atoms with Gasteiger partial charge >= 0.3 is 0 Å². The minimum atomic E-state index is -4.06. The van der Waals surface area contributed by atoms with Crippen LogP contribution in [0.4, 0.5) is 15.9 Å². The lowest BCUT2D eigenvalue weighted by Gasteiger charge is -2.19. The van der Waals surface area contributed by atoms with Gasteiger partial charge in [0.15, 0.2) is 0 Å². The second-order valence-electron chi connectivity index (χ2n) is 6.19. The highest BCUT2D eigenvalue weighted by molar-refractivity contribution is 7.89. The summed E-state index contributed by atoms with van der Waals surface area (Å²) in [5, 5.41) is 2.55. The van der Waals surface area contributed by atoms with Crippen LogP contribution >= 0.6 is 0 Å². The minimum Gasteiger partial charge on any atom is -0.362 e. The molecule has 0 bridgehead atoms. The van der Waals surface area contributed by atoms with Crippen LogP contribution in [0.2, 0.25) is 0 Å².